The van der Waals surface area contributed by atoms with Crippen LogP contribution in [-0.2, 0) is 6.42 Å². The molecule has 1 heterocycles. The molecule has 0 radical (unpaired) electrons. The number of halogens is 1. The minimum absolute atomic E-state index is 0.0318. The monoisotopic (exact) mass is 307 g/mol. The van der Waals surface area contributed by atoms with Crippen LogP contribution in [0.5, 0.6) is 0 Å². The molecule has 0 atom stereocenters. The predicted molar refractivity (Wildman–Crippen MR) is 80.9 cm³/mol. The summed E-state index contributed by atoms with van der Waals surface area (Å²) in [5.74, 6) is -1.05. The Bertz CT molecular complexity index is 641. The lowest BCUT2D eigenvalue weighted by Gasteiger charge is -2.09. The van der Waals surface area contributed by atoms with Crippen molar-refractivity contribution in [2.75, 3.05) is 0 Å². The van der Waals surface area contributed by atoms with Crippen molar-refractivity contribution in [2.24, 2.45) is 0 Å². The molecule has 0 unspecified atom stereocenters. The molecule has 2 aromatic rings. The molecule has 0 aliphatic carbocycles. The fourth-order valence-corrected chi connectivity index (χ4v) is 2.96. The van der Waals surface area contributed by atoms with E-state index in [2.05, 4.69) is 4.98 Å². The number of nitrogens with zero attached hydrogens (tertiary/aromatic N) is 1. The lowest BCUT2D eigenvalue weighted by Crippen LogP contribution is -2.02. The van der Waals surface area contributed by atoms with Crippen LogP contribution in [0.2, 0.25) is 5.15 Å². The number of aromatic nitrogens is 1. The Morgan fingerprint density at radius 2 is 2.00 bits per heavy atom. The van der Waals surface area contributed by atoms with Gasteiger partial charge in [-0.15, -0.1) is 0 Å². The van der Waals surface area contributed by atoms with Crippen LogP contribution in [0.25, 0.3) is 0 Å². The van der Waals surface area contributed by atoms with Gasteiger partial charge in [-0.05, 0) is 37.1 Å². The number of rotatable bonds is 4. The van der Waals surface area contributed by atoms with Gasteiger partial charge in [0.2, 0.25) is 0 Å². The minimum atomic E-state index is -1.05. The number of carboxylic acids is 1. The van der Waals surface area contributed by atoms with Crippen LogP contribution in [-0.4, -0.2) is 16.1 Å². The van der Waals surface area contributed by atoms with Crippen molar-refractivity contribution in [2.45, 2.75) is 30.2 Å². The normalized spacial score (nSPS) is 10.6. The molecule has 0 aliphatic heterocycles. The van der Waals surface area contributed by atoms with Crippen molar-refractivity contribution in [1.82, 2.24) is 4.98 Å². The quantitative estimate of drug-likeness (QED) is 0.848. The van der Waals surface area contributed by atoms with Crippen molar-refractivity contribution in [3.05, 3.63) is 52.2 Å². The molecule has 0 saturated carbocycles. The van der Waals surface area contributed by atoms with Crippen LogP contribution in [0.1, 0.15) is 28.4 Å². The Morgan fingerprint density at radius 3 is 2.55 bits per heavy atom. The molecule has 0 fully saturated rings. The van der Waals surface area contributed by atoms with Crippen LogP contribution in [0.4, 0.5) is 0 Å². The molecule has 5 heteroatoms. The van der Waals surface area contributed by atoms with Gasteiger partial charge in [0.25, 0.3) is 0 Å². The number of carbonyl (C=O) groups is 1. The number of pyridine rings is 1. The summed E-state index contributed by atoms with van der Waals surface area (Å²) in [4.78, 5) is 16.3. The summed E-state index contributed by atoms with van der Waals surface area (Å²) >= 11 is 7.43. The van der Waals surface area contributed by atoms with Gasteiger partial charge in [-0.3, -0.25) is 0 Å². The summed E-state index contributed by atoms with van der Waals surface area (Å²) < 4.78 is 0. The molecular formula is C15H14ClNO2S. The lowest BCUT2D eigenvalue weighted by atomic mass is 10.1. The smallest absolute Gasteiger partial charge is 0.338 e. The van der Waals surface area contributed by atoms with Crippen LogP contribution in [0.3, 0.4) is 0 Å². The molecule has 3 nitrogen and oxygen atoms in total. The fourth-order valence-electron chi connectivity index (χ4n) is 1.73. The highest BCUT2D eigenvalue weighted by Crippen LogP contribution is 2.32. The Labute approximate surface area is 127 Å². The van der Waals surface area contributed by atoms with E-state index in [-0.39, 0.29) is 10.7 Å². The Balaban J connectivity index is 2.38. The first-order chi connectivity index (χ1) is 9.51. The van der Waals surface area contributed by atoms with Crippen LogP contribution in [0.15, 0.2) is 40.3 Å². The average Bonchev–Trinajstić information content (AvgIpc) is 2.41. The lowest BCUT2D eigenvalue weighted by molar-refractivity contribution is 0.0696. The molecule has 20 heavy (non-hydrogen) atoms. The van der Waals surface area contributed by atoms with Crippen LogP contribution in [0, 0.1) is 6.92 Å². The van der Waals surface area contributed by atoms with Gasteiger partial charge in [-0.25, -0.2) is 9.78 Å². The van der Waals surface area contributed by atoms with Crippen LogP contribution >= 0.6 is 23.4 Å². The van der Waals surface area contributed by atoms with E-state index in [0.717, 1.165) is 15.5 Å². The molecule has 0 amide bonds. The summed E-state index contributed by atoms with van der Waals surface area (Å²) in [5.41, 5.74) is 2.13. The first-order valence-corrected chi connectivity index (χ1v) is 7.38. The largest absolute Gasteiger partial charge is 0.478 e. The second kappa shape index (κ2) is 6.29. The van der Waals surface area contributed by atoms with Gasteiger partial charge in [0, 0.05) is 4.90 Å². The van der Waals surface area contributed by atoms with E-state index in [9.17, 15) is 4.79 Å². The van der Waals surface area contributed by atoms with Gasteiger partial charge in [0.1, 0.15) is 10.2 Å². The second-order valence-corrected chi connectivity index (χ2v) is 5.79. The van der Waals surface area contributed by atoms with Crippen molar-refractivity contribution >= 4 is 29.3 Å². The van der Waals surface area contributed by atoms with Gasteiger partial charge in [0.05, 0.1) is 5.56 Å². The van der Waals surface area contributed by atoms with Gasteiger partial charge < -0.3 is 5.11 Å². The molecule has 1 aromatic heterocycles. The average molecular weight is 308 g/mol. The molecule has 0 spiro atoms. The highest BCUT2D eigenvalue weighted by Gasteiger charge is 2.15. The Hall–Kier alpha value is -1.52. The topological polar surface area (TPSA) is 50.2 Å². The fraction of sp³-hybridized carbons (Fsp3) is 0.200. The van der Waals surface area contributed by atoms with E-state index in [0.29, 0.717) is 6.42 Å². The Kier molecular flexibility index (Phi) is 4.68. The third-order valence-electron chi connectivity index (χ3n) is 2.86. The first-order valence-electron chi connectivity index (χ1n) is 6.18. The van der Waals surface area contributed by atoms with Gasteiger partial charge in [0.15, 0.2) is 0 Å². The SMILES string of the molecule is CCc1cc(C(=O)O)c(Cl)nc1Sc1ccc(C)cc1. The number of aromatic carboxylic acids is 1. The number of carboxylic acid groups (broad SMARTS) is 1. The molecule has 0 aliphatic rings. The van der Waals surface area contributed by atoms with Crippen molar-refractivity contribution < 1.29 is 9.90 Å². The zero-order valence-electron chi connectivity index (χ0n) is 11.2. The van der Waals surface area contributed by atoms with Crippen molar-refractivity contribution in [3.8, 4) is 0 Å². The summed E-state index contributed by atoms with van der Waals surface area (Å²) in [6.45, 7) is 4.00. The molecule has 104 valence electrons. The van der Waals surface area contributed by atoms with E-state index >= 15 is 0 Å². The first kappa shape index (κ1) is 14.9. The zero-order chi connectivity index (χ0) is 14.7. The summed E-state index contributed by atoms with van der Waals surface area (Å²) in [5, 5.41) is 9.85. The number of hydrogen-bond donors (Lipinski definition) is 1. The van der Waals surface area contributed by atoms with E-state index in [1.54, 1.807) is 6.07 Å². The molecule has 0 bridgehead atoms. The van der Waals surface area contributed by atoms with E-state index in [4.69, 9.17) is 16.7 Å². The summed E-state index contributed by atoms with van der Waals surface area (Å²) in [6.07, 6.45) is 0.707. The van der Waals surface area contributed by atoms with E-state index in [1.165, 1.54) is 17.3 Å². The minimum Gasteiger partial charge on any atom is -0.478 e. The molecular weight excluding hydrogens is 294 g/mol. The molecule has 0 saturated heterocycles. The van der Waals surface area contributed by atoms with Crippen molar-refractivity contribution in [3.63, 3.8) is 0 Å². The maximum atomic E-state index is 11.1. The summed E-state index contributed by atoms with van der Waals surface area (Å²) in [6, 6.07) is 9.69. The second-order valence-electron chi connectivity index (χ2n) is 4.36. The highest BCUT2D eigenvalue weighted by molar-refractivity contribution is 7.99. The number of benzene rings is 1. The Morgan fingerprint density at radius 1 is 1.35 bits per heavy atom. The number of aryl methyl sites for hydroxylation is 2. The van der Waals surface area contributed by atoms with Gasteiger partial charge >= 0.3 is 5.97 Å². The molecule has 1 aromatic carbocycles. The third-order valence-corrected chi connectivity index (χ3v) is 4.20. The highest BCUT2D eigenvalue weighted by atomic mass is 35.5. The maximum absolute atomic E-state index is 11.1. The zero-order valence-corrected chi connectivity index (χ0v) is 12.8. The number of hydrogen-bond acceptors (Lipinski definition) is 3. The third kappa shape index (κ3) is 3.32. The van der Waals surface area contributed by atoms with E-state index < -0.39 is 5.97 Å². The van der Waals surface area contributed by atoms with E-state index in [1.807, 2.05) is 38.1 Å². The standard InChI is InChI=1S/C15H14ClNO2S/c1-3-10-8-12(15(18)19)13(16)17-14(10)20-11-6-4-9(2)5-7-11/h4-8H,3H2,1-2H3,(H,18,19). The van der Waals surface area contributed by atoms with Gasteiger partial charge in [-0.1, -0.05) is 48.0 Å². The van der Waals surface area contributed by atoms with Gasteiger partial charge in [-0.2, -0.15) is 0 Å². The molecule has 1 N–H and O–H groups in total. The molecule has 2 rings (SSSR count). The maximum Gasteiger partial charge on any atom is 0.338 e. The summed E-state index contributed by atoms with van der Waals surface area (Å²) in [7, 11) is 0. The van der Waals surface area contributed by atoms with Crippen molar-refractivity contribution in [1.29, 1.82) is 0 Å². The van der Waals surface area contributed by atoms with Crippen LogP contribution < -0.4 is 0 Å². The predicted octanol–water partition coefficient (Wildman–Crippen LogP) is 4.46.